The third-order valence-electron chi connectivity index (χ3n) is 5.10. The Bertz CT molecular complexity index is 1350. The van der Waals surface area contributed by atoms with Gasteiger partial charge in [0.1, 0.15) is 16.6 Å². The van der Waals surface area contributed by atoms with Crippen LogP contribution >= 0.6 is 11.3 Å². The lowest BCUT2D eigenvalue weighted by atomic mass is 10.0. The van der Waals surface area contributed by atoms with Gasteiger partial charge in [0, 0.05) is 23.8 Å². The van der Waals surface area contributed by atoms with Crippen molar-refractivity contribution >= 4 is 28.0 Å². The number of aromatic amines is 1. The van der Waals surface area contributed by atoms with E-state index in [9.17, 15) is 14.9 Å². The van der Waals surface area contributed by atoms with Gasteiger partial charge in [0.25, 0.3) is 5.56 Å². The number of H-pyrrole nitrogens is 1. The number of aromatic nitrogens is 3. The van der Waals surface area contributed by atoms with Crippen molar-refractivity contribution in [2.45, 2.75) is 25.2 Å². The van der Waals surface area contributed by atoms with Crippen LogP contribution < -0.4 is 10.3 Å². The first-order valence-corrected chi connectivity index (χ1v) is 11.0. The van der Waals surface area contributed by atoms with E-state index in [0.29, 0.717) is 34.6 Å². The van der Waals surface area contributed by atoms with Crippen molar-refractivity contribution < 1.29 is 9.53 Å². The maximum atomic E-state index is 12.7. The van der Waals surface area contributed by atoms with E-state index in [2.05, 4.69) is 21.0 Å². The Labute approximate surface area is 188 Å². The number of hydrogen-bond acceptors (Lipinski definition) is 7. The number of thiazole rings is 1. The highest BCUT2D eigenvalue weighted by Gasteiger charge is 2.23. The van der Waals surface area contributed by atoms with Gasteiger partial charge in [-0.3, -0.25) is 9.59 Å². The van der Waals surface area contributed by atoms with E-state index in [1.165, 1.54) is 11.3 Å². The highest BCUT2D eigenvalue weighted by atomic mass is 32.1. The van der Waals surface area contributed by atoms with Crippen LogP contribution in [0.25, 0.3) is 22.2 Å². The SMILES string of the molecule is COc1ccc(-c2csc(C(C#N)C(=O)CCCc3nc4ccccc4c(=O)[nH]3)n2)cc1. The van der Waals surface area contributed by atoms with Crippen molar-refractivity contribution in [2.75, 3.05) is 7.11 Å². The Kier molecular flexibility index (Phi) is 6.38. The summed E-state index contributed by atoms with van der Waals surface area (Å²) in [5.74, 6) is 0.185. The van der Waals surface area contributed by atoms with Crippen molar-refractivity contribution in [3.63, 3.8) is 0 Å². The van der Waals surface area contributed by atoms with Gasteiger partial charge in [-0.2, -0.15) is 5.26 Å². The Morgan fingerprint density at radius 3 is 2.72 bits per heavy atom. The lowest BCUT2D eigenvalue weighted by Gasteiger charge is -2.06. The molecule has 1 N–H and O–H groups in total. The second-order valence-electron chi connectivity index (χ2n) is 7.21. The molecular weight excluding hydrogens is 424 g/mol. The number of rotatable bonds is 8. The van der Waals surface area contributed by atoms with Gasteiger partial charge in [0.15, 0.2) is 11.7 Å². The highest BCUT2D eigenvalue weighted by molar-refractivity contribution is 7.10. The average Bonchev–Trinajstić information content (AvgIpc) is 3.29. The zero-order valence-corrected chi connectivity index (χ0v) is 18.2. The minimum atomic E-state index is -0.907. The number of carbonyl (C=O) groups excluding carboxylic acids is 1. The molecule has 4 rings (SSSR count). The summed E-state index contributed by atoms with van der Waals surface area (Å²) in [6, 6.07) is 16.7. The smallest absolute Gasteiger partial charge is 0.258 e. The number of aryl methyl sites for hydroxylation is 1. The molecule has 0 spiro atoms. The molecule has 160 valence electrons. The topological polar surface area (TPSA) is 109 Å². The number of fused-ring (bicyclic) bond motifs is 1. The summed E-state index contributed by atoms with van der Waals surface area (Å²) in [6.07, 6.45) is 1.13. The normalized spacial score (nSPS) is 11.8. The molecule has 4 aromatic rings. The van der Waals surface area contributed by atoms with Gasteiger partial charge >= 0.3 is 0 Å². The van der Waals surface area contributed by atoms with E-state index < -0.39 is 5.92 Å². The van der Waals surface area contributed by atoms with Crippen LogP contribution in [0.2, 0.25) is 0 Å². The first-order chi connectivity index (χ1) is 15.6. The molecule has 2 aromatic heterocycles. The van der Waals surface area contributed by atoms with Gasteiger partial charge in [-0.15, -0.1) is 11.3 Å². The van der Waals surface area contributed by atoms with Gasteiger partial charge < -0.3 is 9.72 Å². The summed E-state index contributed by atoms with van der Waals surface area (Å²) in [5.41, 5.74) is 2.05. The Hall–Kier alpha value is -3.83. The predicted octanol–water partition coefficient (Wildman–Crippen LogP) is 4.25. The number of ether oxygens (including phenoxy) is 1. The molecule has 0 saturated heterocycles. The molecule has 1 atom stereocenters. The molecule has 2 heterocycles. The molecule has 1 unspecified atom stereocenters. The molecule has 32 heavy (non-hydrogen) atoms. The van der Waals surface area contributed by atoms with Crippen LogP contribution in [0.1, 0.15) is 29.6 Å². The number of nitrogens with zero attached hydrogens (tertiary/aromatic N) is 3. The van der Waals surface area contributed by atoms with Gasteiger partial charge in [-0.1, -0.05) is 12.1 Å². The molecule has 0 saturated carbocycles. The number of carbonyl (C=O) groups is 1. The number of nitrogens with one attached hydrogen (secondary N) is 1. The van der Waals surface area contributed by atoms with Crippen LogP contribution in [0.15, 0.2) is 58.7 Å². The third-order valence-corrected chi connectivity index (χ3v) is 6.01. The number of methoxy groups -OCH3 is 1. The van der Waals surface area contributed by atoms with E-state index in [0.717, 1.165) is 17.0 Å². The summed E-state index contributed by atoms with van der Waals surface area (Å²) in [5, 5.41) is 12.5. The Balaban J connectivity index is 1.41. The molecule has 0 amide bonds. The van der Waals surface area contributed by atoms with E-state index in [-0.39, 0.29) is 17.8 Å². The molecule has 0 radical (unpaired) electrons. The minimum Gasteiger partial charge on any atom is -0.497 e. The molecule has 0 aliphatic carbocycles. The molecule has 7 nitrogen and oxygen atoms in total. The van der Waals surface area contributed by atoms with Crippen LogP contribution in [-0.2, 0) is 11.2 Å². The first-order valence-electron chi connectivity index (χ1n) is 10.1. The van der Waals surface area contributed by atoms with Crippen molar-refractivity contribution in [1.82, 2.24) is 15.0 Å². The maximum absolute atomic E-state index is 12.7. The standard InChI is InChI=1S/C24H20N4O3S/c1-31-16-11-9-15(10-12-16)20-14-32-24(27-20)18(13-25)21(29)7-4-8-22-26-19-6-3-2-5-17(19)23(30)28-22/h2-3,5-6,9-12,14,18H,4,7-8H2,1H3,(H,26,28,30). The van der Waals surface area contributed by atoms with E-state index >= 15 is 0 Å². The molecule has 0 aliphatic rings. The van der Waals surface area contributed by atoms with E-state index in [1.54, 1.807) is 25.3 Å². The van der Waals surface area contributed by atoms with Crippen molar-refractivity contribution in [3.05, 3.63) is 75.1 Å². The fourth-order valence-electron chi connectivity index (χ4n) is 3.41. The lowest BCUT2D eigenvalue weighted by molar-refractivity contribution is -0.119. The number of ketones is 1. The third kappa shape index (κ3) is 4.58. The van der Waals surface area contributed by atoms with E-state index in [4.69, 9.17) is 4.74 Å². The first kappa shape index (κ1) is 21.4. The quantitative estimate of drug-likeness (QED) is 0.435. The van der Waals surface area contributed by atoms with Crippen LogP contribution in [0, 0.1) is 11.3 Å². The zero-order valence-electron chi connectivity index (χ0n) is 17.4. The lowest BCUT2D eigenvalue weighted by Crippen LogP contribution is -2.14. The molecular formula is C24H20N4O3S. The maximum Gasteiger partial charge on any atom is 0.258 e. The van der Waals surface area contributed by atoms with Crippen molar-refractivity contribution in [2.24, 2.45) is 0 Å². The van der Waals surface area contributed by atoms with Gasteiger partial charge in [-0.25, -0.2) is 9.97 Å². The van der Waals surface area contributed by atoms with Gasteiger partial charge in [0.05, 0.1) is 29.8 Å². The molecule has 8 heteroatoms. The number of hydrogen-bond donors (Lipinski definition) is 1. The Morgan fingerprint density at radius 2 is 1.97 bits per heavy atom. The van der Waals surface area contributed by atoms with Crippen LogP contribution in [0.4, 0.5) is 0 Å². The van der Waals surface area contributed by atoms with Crippen LogP contribution in [0.3, 0.4) is 0 Å². The van der Waals surface area contributed by atoms with Gasteiger partial charge in [0.2, 0.25) is 0 Å². The van der Waals surface area contributed by atoms with Gasteiger partial charge in [-0.05, 0) is 42.8 Å². The van der Waals surface area contributed by atoms with Crippen molar-refractivity contribution in [3.8, 4) is 23.1 Å². The number of Topliss-reactive ketones (excluding diaryl/α,β-unsaturated/α-hetero) is 1. The second kappa shape index (κ2) is 9.54. The van der Waals surface area contributed by atoms with Crippen molar-refractivity contribution in [1.29, 1.82) is 5.26 Å². The molecule has 0 bridgehead atoms. The highest BCUT2D eigenvalue weighted by Crippen LogP contribution is 2.29. The summed E-state index contributed by atoms with van der Waals surface area (Å²) >= 11 is 1.30. The fourth-order valence-corrected chi connectivity index (χ4v) is 4.30. The summed E-state index contributed by atoms with van der Waals surface area (Å²) in [4.78, 5) is 36.6. The molecule has 0 aliphatic heterocycles. The number of para-hydroxylation sites is 1. The summed E-state index contributed by atoms with van der Waals surface area (Å²) < 4.78 is 5.16. The number of benzene rings is 2. The van der Waals surface area contributed by atoms with Crippen LogP contribution in [0.5, 0.6) is 5.75 Å². The largest absolute Gasteiger partial charge is 0.497 e. The Morgan fingerprint density at radius 1 is 1.19 bits per heavy atom. The summed E-state index contributed by atoms with van der Waals surface area (Å²) in [6.45, 7) is 0. The second-order valence-corrected chi connectivity index (χ2v) is 8.10. The average molecular weight is 445 g/mol. The number of nitriles is 1. The minimum absolute atomic E-state index is 0.189. The molecule has 0 fully saturated rings. The zero-order chi connectivity index (χ0) is 22.5. The monoisotopic (exact) mass is 444 g/mol. The predicted molar refractivity (Wildman–Crippen MR) is 123 cm³/mol. The van der Waals surface area contributed by atoms with Crippen LogP contribution in [-0.4, -0.2) is 27.8 Å². The van der Waals surface area contributed by atoms with E-state index in [1.807, 2.05) is 35.7 Å². The summed E-state index contributed by atoms with van der Waals surface area (Å²) in [7, 11) is 1.60. The fraction of sp³-hybridized carbons (Fsp3) is 0.208. The molecule has 2 aromatic carbocycles.